The molecule has 3 atom stereocenters. The molecule has 55 heavy (non-hydrogen) atoms. The van der Waals surface area contributed by atoms with Gasteiger partial charge in [-0.25, -0.2) is 4.79 Å². The molecule has 0 fully saturated rings. The van der Waals surface area contributed by atoms with Gasteiger partial charge in [-0.2, -0.15) is 0 Å². The maximum Gasteiger partial charge on any atom is 0.330 e. The molecule has 5 rings (SSSR count). The molecular weight excluding hydrogens is 717 g/mol. The van der Waals surface area contributed by atoms with Crippen LogP contribution in [0.3, 0.4) is 0 Å². The van der Waals surface area contributed by atoms with Gasteiger partial charge in [-0.05, 0) is 72.1 Å². The predicted octanol–water partition coefficient (Wildman–Crippen LogP) is 6.93. The van der Waals surface area contributed by atoms with Crippen LogP contribution in [0.2, 0.25) is 18.1 Å². The number of allylic oxidation sites excluding steroid dienone is 2. The van der Waals surface area contributed by atoms with Crippen LogP contribution in [0.1, 0.15) is 44.4 Å². The Morgan fingerprint density at radius 1 is 0.836 bits per heavy atom. The molecule has 292 valence electrons. The minimum atomic E-state index is -2.40. The molecule has 12 heteroatoms. The van der Waals surface area contributed by atoms with Crippen LogP contribution in [0.4, 0.5) is 0 Å². The summed E-state index contributed by atoms with van der Waals surface area (Å²) in [4.78, 5) is 42.0. The van der Waals surface area contributed by atoms with E-state index < -0.39 is 48.9 Å². The lowest BCUT2D eigenvalue weighted by Gasteiger charge is -2.43. The van der Waals surface area contributed by atoms with Crippen LogP contribution in [0.25, 0.3) is 0 Å². The molecule has 1 aliphatic rings. The maximum atomic E-state index is 13.7. The number of nitrogens with one attached hydrogen (secondary N) is 1. The van der Waals surface area contributed by atoms with E-state index in [0.29, 0.717) is 11.5 Å². The molecule has 11 nitrogen and oxygen atoms in total. The van der Waals surface area contributed by atoms with Crippen molar-refractivity contribution in [3.05, 3.63) is 153 Å². The fraction of sp³-hybridized carbons (Fsp3) is 0.372. The Morgan fingerprint density at radius 2 is 1.42 bits per heavy atom. The van der Waals surface area contributed by atoms with Gasteiger partial charge in [0, 0.05) is 12.3 Å². The molecule has 1 heterocycles. The third-order valence-electron chi connectivity index (χ3n) is 10.4. The van der Waals surface area contributed by atoms with Gasteiger partial charge in [0.15, 0.2) is 14.0 Å². The van der Waals surface area contributed by atoms with Gasteiger partial charge in [-0.15, -0.1) is 0 Å². The van der Waals surface area contributed by atoms with E-state index in [9.17, 15) is 14.4 Å². The molecule has 0 saturated carbocycles. The van der Waals surface area contributed by atoms with E-state index in [1.807, 2.05) is 78.9 Å². The highest BCUT2D eigenvalue weighted by Crippen LogP contribution is 2.43. The Balaban J connectivity index is 1.70. The number of ether oxygens (including phenoxy) is 5. The Bertz CT molecular complexity index is 2020. The first-order valence-corrected chi connectivity index (χ1v) is 21.3. The lowest BCUT2D eigenvalue weighted by molar-refractivity contribution is -0.193. The predicted molar refractivity (Wildman–Crippen MR) is 214 cm³/mol. The van der Waals surface area contributed by atoms with Crippen molar-refractivity contribution in [1.29, 1.82) is 0 Å². The van der Waals surface area contributed by atoms with Crippen molar-refractivity contribution in [3.63, 3.8) is 0 Å². The van der Waals surface area contributed by atoms with Gasteiger partial charge >= 0.3 is 11.7 Å². The molecule has 1 N–H and O–H groups in total. The van der Waals surface area contributed by atoms with Crippen molar-refractivity contribution in [3.8, 4) is 11.5 Å². The Kier molecular flexibility index (Phi) is 12.9. The van der Waals surface area contributed by atoms with E-state index in [1.54, 1.807) is 45.4 Å². The second kappa shape index (κ2) is 17.2. The molecule has 1 aliphatic carbocycles. The molecule has 0 bridgehead atoms. The van der Waals surface area contributed by atoms with Crippen molar-refractivity contribution < 1.29 is 32.9 Å². The number of carbonyl (C=O) groups excluding carboxylic acids is 1. The van der Waals surface area contributed by atoms with Gasteiger partial charge in [0.05, 0.1) is 34.0 Å². The monoisotopic (exact) mass is 768 g/mol. The first-order valence-electron chi connectivity index (χ1n) is 18.4. The maximum absolute atomic E-state index is 13.7. The summed E-state index contributed by atoms with van der Waals surface area (Å²) in [6, 6.07) is 26.5. The second-order valence-electron chi connectivity index (χ2n) is 14.8. The van der Waals surface area contributed by atoms with Crippen LogP contribution >= 0.6 is 0 Å². The summed E-state index contributed by atoms with van der Waals surface area (Å²) in [7, 11) is 0.836. The third-order valence-corrected chi connectivity index (χ3v) is 14.9. The van der Waals surface area contributed by atoms with E-state index in [1.165, 1.54) is 16.8 Å². The van der Waals surface area contributed by atoms with Gasteiger partial charge in [-0.1, -0.05) is 93.6 Å². The molecule has 1 unspecified atom stereocenters. The number of benzene rings is 3. The Morgan fingerprint density at radius 3 is 1.95 bits per heavy atom. The third kappa shape index (κ3) is 8.78. The lowest BCUT2D eigenvalue weighted by atomic mass is 9.80. The van der Waals surface area contributed by atoms with Crippen LogP contribution in [-0.4, -0.2) is 64.0 Å². The van der Waals surface area contributed by atoms with Crippen molar-refractivity contribution >= 4 is 14.3 Å². The largest absolute Gasteiger partial charge is 0.497 e. The van der Waals surface area contributed by atoms with Crippen molar-refractivity contribution in [2.75, 3.05) is 34.0 Å². The van der Waals surface area contributed by atoms with Crippen molar-refractivity contribution in [2.24, 2.45) is 5.92 Å². The highest BCUT2D eigenvalue weighted by Gasteiger charge is 2.49. The van der Waals surface area contributed by atoms with Gasteiger partial charge in [0.2, 0.25) is 0 Å². The highest BCUT2D eigenvalue weighted by atomic mass is 28.4. The number of aromatic nitrogens is 2. The highest BCUT2D eigenvalue weighted by molar-refractivity contribution is 6.74. The summed E-state index contributed by atoms with van der Waals surface area (Å²) in [6.45, 7) is 12.5. The number of hydrogen-bond donors (Lipinski definition) is 1. The average molecular weight is 769 g/mol. The Labute approximate surface area is 323 Å². The van der Waals surface area contributed by atoms with E-state index in [2.05, 4.69) is 38.8 Å². The summed E-state index contributed by atoms with van der Waals surface area (Å²) in [5.74, 6) is -0.362. The molecule has 0 saturated heterocycles. The summed E-state index contributed by atoms with van der Waals surface area (Å²) in [5.41, 5.74) is -1.87. The molecule has 0 radical (unpaired) electrons. The standard InChI is InChI=1S/C43H52N2O9Si/c1-9-51-39(47)37-17-13-14-27-42(37,45-28-26-38(46)44-40(45)48)54-36(30-53-55(7,8)41(2,3)4)29-52-43(31-15-11-10-12-16-31,32-18-22-34(49-5)23-19-32)33-20-24-35(50-6)25-21-33/h10-28,36-37H,9,29-30H2,1-8H3,(H,44,46,48)/t36-,37?,42-/m1/s1. The summed E-state index contributed by atoms with van der Waals surface area (Å²) in [5, 5.41) is -0.146. The van der Waals surface area contributed by atoms with Gasteiger partial charge in [-0.3, -0.25) is 19.1 Å². The van der Waals surface area contributed by atoms with Crippen LogP contribution in [-0.2, 0) is 34.8 Å². The zero-order valence-electron chi connectivity index (χ0n) is 32.9. The smallest absolute Gasteiger partial charge is 0.330 e. The molecule has 0 amide bonds. The van der Waals surface area contributed by atoms with E-state index in [0.717, 1.165) is 16.7 Å². The minimum Gasteiger partial charge on any atom is -0.497 e. The van der Waals surface area contributed by atoms with E-state index in [-0.39, 0.29) is 24.9 Å². The Hall–Kier alpha value is -5.01. The SMILES string of the molecule is CCOC(=O)C1C=CC=C[C@]1(O[C@H](COC(c1ccccc1)(c1ccc(OC)cc1)c1ccc(OC)cc1)CO[Si](C)(C)C(C)(C)C)n1ccc(=O)[nH]c1=O. The normalized spacial score (nSPS) is 17.8. The number of H-pyrrole nitrogens is 1. The molecule has 0 aliphatic heterocycles. The second-order valence-corrected chi connectivity index (χ2v) is 19.6. The zero-order valence-corrected chi connectivity index (χ0v) is 33.9. The van der Waals surface area contributed by atoms with Gasteiger partial charge in [0.1, 0.15) is 29.1 Å². The number of carbonyl (C=O) groups is 1. The number of methoxy groups -OCH3 is 2. The van der Waals surface area contributed by atoms with E-state index >= 15 is 0 Å². The quantitative estimate of drug-likeness (QED) is 0.0734. The van der Waals surface area contributed by atoms with Gasteiger partial charge < -0.3 is 28.1 Å². The number of nitrogens with zero attached hydrogens (tertiary/aromatic N) is 1. The van der Waals surface area contributed by atoms with Crippen LogP contribution < -0.4 is 20.7 Å². The lowest BCUT2D eigenvalue weighted by Crippen LogP contribution is -2.55. The van der Waals surface area contributed by atoms with E-state index in [4.69, 9.17) is 28.1 Å². The minimum absolute atomic E-state index is 0.0551. The molecule has 1 aromatic heterocycles. The average Bonchev–Trinajstić information content (AvgIpc) is 3.17. The zero-order chi connectivity index (χ0) is 39.9. The summed E-state index contributed by atoms with van der Waals surface area (Å²) < 4.78 is 39.0. The molecular formula is C43H52N2O9Si. The number of esters is 1. The summed E-state index contributed by atoms with van der Waals surface area (Å²) in [6.07, 6.45) is 7.09. The van der Waals surface area contributed by atoms with Crippen molar-refractivity contribution in [2.45, 2.75) is 63.3 Å². The fourth-order valence-corrected chi connectivity index (χ4v) is 7.41. The van der Waals surface area contributed by atoms with Crippen LogP contribution in [0.15, 0.2) is 125 Å². The van der Waals surface area contributed by atoms with Gasteiger partial charge in [0.25, 0.3) is 5.56 Å². The van der Waals surface area contributed by atoms with Crippen molar-refractivity contribution in [1.82, 2.24) is 9.55 Å². The van der Waals surface area contributed by atoms with Crippen LogP contribution in [0.5, 0.6) is 11.5 Å². The molecule has 3 aromatic carbocycles. The molecule has 0 spiro atoms. The number of rotatable bonds is 16. The fourth-order valence-electron chi connectivity index (χ4n) is 6.37. The first kappa shape index (κ1) is 41.2. The topological polar surface area (TPSA) is 127 Å². The number of hydrogen-bond acceptors (Lipinski definition) is 9. The summed E-state index contributed by atoms with van der Waals surface area (Å²) >= 11 is 0. The van der Waals surface area contributed by atoms with Crippen LogP contribution in [0, 0.1) is 5.92 Å². The first-order chi connectivity index (χ1) is 26.2. The molecule has 4 aromatic rings. The number of aromatic amines is 1.